The first-order valence-corrected chi connectivity index (χ1v) is 3.26. The Morgan fingerprint density at radius 3 is 2.38 bits per heavy atom. The van der Waals surface area contributed by atoms with Gasteiger partial charge >= 0.3 is 12.4 Å². The lowest BCUT2D eigenvalue weighted by Gasteiger charge is -2.01. The van der Waals surface area contributed by atoms with Crippen LogP contribution < -0.4 is 0 Å². The number of hydrogen-bond donors (Lipinski definition) is 1. The first-order valence-electron chi connectivity index (χ1n) is 3.26. The van der Waals surface area contributed by atoms with E-state index >= 15 is 0 Å². The standard InChI is InChI=1S/C6H7F2NO4/c1-2-13-6(11)3(9-12)4(10)5(7)8/h5,12H,2H2,1H3. The third kappa shape index (κ3) is 3.14. The zero-order valence-electron chi connectivity index (χ0n) is 6.66. The van der Waals surface area contributed by atoms with Gasteiger partial charge in [0.05, 0.1) is 6.61 Å². The number of carbonyl (C=O) groups is 2. The first kappa shape index (κ1) is 11.5. The second-order valence-corrected chi connectivity index (χ2v) is 1.83. The number of rotatable bonds is 4. The van der Waals surface area contributed by atoms with Crippen LogP contribution in [-0.4, -0.2) is 35.7 Å². The van der Waals surface area contributed by atoms with E-state index in [4.69, 9.17) is 5.21 Å². The molecule has 0 heterocycles. The first-order chi connectivity index (χ1) is 6.04. The van der Waals surface area contributed by atoms with Crippen molar-refractivity contribution in [3.63, 3.8) is 0 Å². The molecule has 0 aliphatic carbocycles. The SMILES string of the molecule is CCOC(=O)C(=NO)C(=O)C(F)F. The molecular weight excluding hydrogens is 188 g/mol. The predicted octanol–water partition coefficient (Wildman–Crippen LogP) is 0.214. The Labute approximate surface area is 72.0 Å². The summed E-state index contributed by atoms with van der Waals surface area (Å²) in [5.74, 6) is -3.23. The molecule has 0 rings (SSSR count). The lowest BCUT2D eigenvalue weighted by molar-refractivity contribution is -0.137. The highest BCUT2D eigenvalue weighted by atomic mass is 19.3. The van der Waals surface area contributed by atoms with Crippen molar-refractivity contribution in [1.29, 1.82) is 0 Å². The number of alkyl halides is 2. The highest BCUT2D eigenvalue weighted by Gasteiger charge is 2.29. The lowest BCUT2D eigenvalue weighted by atomic mass is 10.2. The topological polar surface area (TPSA) is 76.0 Å². The Morgan fingerprint density at radius 2 is 2.08 bits per heavy atom. The molecule has 0 aromatic rings. The van der Waals surface area contributed by atoms with Crippen LogP contribution in [0.2, 0.25) is 0 Å². The van der Waals surface area contributed by atoms with E-state index in [1.165, 1.54) is 6.92 Å². The van der Waals surface area contributed by atoms with E-state index < -0.39 is 23.9 Å². The summed E-state index contributed by atoms with van der Waals surface area (Å²) in [7, 11) is 0. The number of carbonyl (C=O) groups excluding carboxylic acids is 2. The third-order valence-electron chi connectivity index (χ3n) is 1.00. The minimum absolute atomic E-state index is 0.103. The van der Waals surface area contributed by atoms with Gasteiger partial charge in [0.2, 0.25) is 5.71 Å². The average Bonchev–Trinajstić information content (AvgIpc) is 2.05. The van der Waals surface area contributed by atoms with Crippen LogP contribution in [0.1, 0.15) is 6.92 Å². The molecular formula is C6H7F2NO4. The molecule has 0 amide bonds. The molecule has 0 spiro atoms. The molecule has 74 valence electrons. The van der Waals surface area contributed by atoms with E-state index in [1.54, 1.807) is 0 Å². The van der Waals surface area contributed by atoms with Crippen molar-refractivity contribution < 1.29 is 28.3 Å². The van der Waals surface area contributed by atoms with Crippen molar-refractivity contribution in [2.45, 2.75) is 13.3 Å². The monoisotopic (exact) mass is 195 g/mol. The van der Waals surface area contributed by atoms with Crippen molar-refractivity contribution in [1.82, 2.24) is 0 Å². The van der Waals surface area contributed by atoms with Gasteiger partial charge in [0.1, 0.15) is 0 Å². The zero-order chi connectivity index (χ0) is 10.4. The van der Waals surface area contributed by atoms with Gasteiger partial charge in [0, 0.05) is 0 Å². The maximum absolute atomic E-state index is 11.7. The maximum Gasteiger partial charge on any atom is 0.364 e. The molecule has 5 nitrogen and oxygen atoms in total. The molecule has 0 aliphatic heterocycles. The van der Waals surface area contributed by atoms with E-state index in [2.05, 4.69) is 9.89 Å². The van der Waals surface area contributed by atoms with E-state index in [9.17, 15) is 18.4 Å². The molecule has 0 unspecified atom stereocenters. The molecule has 0 bridgehead atoms. The van der Waals surface area contributed by atoms with Crippen LogP contribution in [0.5, 0.6) is 0 Å². The fourth-order valence-corrected chi connectivity index (χ4v) is 0.494. The number of hydrogen-bond acceptors (Lipinski definition) is 5. The van der Waals surface area contributed by atoms with E-state index in [-0.39, 0.29) is 6.61 Å². The molecule has 0 aliphatic rings. The molecule has 1 N–H and O–H groups in total. The van der Waals surface area contributed by atoms with Crippen LogP contribution in [0.4, 0.5) is 8.78 Å². The number of Topliss-reactive ketones (excluding diaryl/α,β-unsaturated/α-hetero) is 1. The molecule has 0 aromatic heterocycles. The van der Waals surface area contributed by atoms with Gasteiger partial charge in [-0.3, -0.25) is 4.79 Å². The fourth-order valence-electron chi connectivity index (χ4n) is 0.494. The van der Waals surface area contributed by atoms with Gasteiger partial charge < -0.3 is 9.94 Å². The average molecular weight is 195 g/mol. The highest BCUT2D eigenvalue weighted by Crippen LogP contribution is 1.98. The van der Waals surface area contributed by atoms with Gasteiger partial charge in [-0.05, 0) is 6.92 Å². The quantitative estimate of drug-likeness (QED) is 0.229. The Balaban J connectivity index is 4.54. The number of oxime groups is 1. The van der Waals surface area contributed by atoms with Gasteiger partial charge in [-0.1, -0.05) is 5.16 Å². The number of nitrogens with zero attached hydrogens (tertiary/aromatic N) is 1. The number of ether oxygens (including phenoxy) is 1. The van der Waals surface area contributed by atoms with Crippen LogP contribution in [0.3, 0.4) is 0 Å². The fraction of sp³-hybridized carbons (Fsp3) is 0.500. The summed E-state index contributed by atoms with van der Waals surface area (Å²) in [5.41, 5.74) is -1.29. The summed E-state index contributed by atoms with van der Waals surface area (Å²) in [6, 6.07) is 0. The van der Waals surface area contributed by atoms with Crippen molar-refractivity contribution in [2.75, 3.05) is 6.61 Å². The normalized spacial score (nSPS) is 11.5. The summed E-state index contributed by atoms with van der Waals surface area (Å²) in [6.45, 7) is 1.31. The predicted molar refractivity (Wildman–Crippen MR) is 36.9 cm³/mol. The van der Waals surface area contributed by atoms with Gasteiger partial charge in [0.25, 0.3) is 5.78 Å². The Morgan fingerprint density at radius 1 is 1.54 bits per heavy atom. The van der Waals surface area contributed by atoms with Crippen molar-refractivity contribution >= 4 is 17.5 Å². The second kappa shape index (κ2) is 5.18. The van der Waals surface area contributed by atoms with Crippen LogP contribution in [0.15, 0.2) is 5.16 Å². The van der Waals surface area contributed by atoms with Gasteiger partial charge in [-0.2, -0.15) is 0 Å². The van der Waals surface area contributed by atoms with Gasteiger partial charge in [0.15, 0.2) is 0 Å². The smallest absolute Gasteiger partial charge is 0.364 e. The minimum Gasteiger partial charge on any atom is -0.461 e. The summed E-state index contributed by atoms with van der Waals surface area (Å²) < 4.78 is 27.6. The van der Waals surface area contributed by atoms with E-state index in [0.29, 0.717) is 0 Å². The summed E-state index contributed by atoms with van der Waals surface area (Å²) in [4.78, 5) is 21.1. The highest BCUT2D eigenvalue weighted by molar-refractivity contribution is 6.64. The second-order valence-electron chi connectivity index (χ2n) is 1.83. The molecule has 0 fully saturated rings. The van der Waals surface area contributed by atoms with Crippen LogP contribution in [0.25, 0.3) is 0 Å². The maximum atomic E-state index is 11.7. The largest absolute Gasteiger partial charge is 0.461 e. The number of esters is 1. The third-order valence-corrected chi connectivity index (χ3v) is 1.00. The van der Waals surface area contributed by atoms with Crippen LogP contribution >= 0.6 is 0 Å². The molecule has 0 radical (unpaired) electrons. The van der Waals surface area contributed by atoms with Crippen molar-refractivity contribution in [3.8, 4) is 0 Å². The molecule has 0 saturated carbocycles. The van der Waals surface area contributed by atoms with Crippen molar-refractivity contribution in [2.24, 2.45) is 5.16 Å². The number of halogens is 2. The zero-order valence-corrected chi connectivity index (χ0v) is 6.66. The lowest BCUT2D eigenvalue weighted by Crippen LogP contribution is -2.31. The van der Waals surface area contributed by atoms with Gasteiger partial charge in [-0.15, -0.1) is 0 Å². The molecule has 13 heavy (non-hydrogen) atoms. The van der Waals surface area contributed by atoms with Crippen molar-refractivity contribution in [3.05, 3.63) is 0 Å². The Bertz CT molecular complexity index is 239. The van der Waals surface area contributed by atoms with Crippen LogP contribution in [-0.2, 0) is 14.3 Å². The molecule has 0 aromatic carbocycles. The Hall–Kier alpha value is -1.53. The molecule has 7 heteroatoms. The van der Waals surface area contributed by atoms with E-state index in [0.717, 1.165) is 0 Å². The minimum atomic E-state index is -3.39. The van der Waals surface area contributed by atoms with E-state index in [1.807, 2.05) is 0 Å². The molecule has 0 saturated heterocycles. The Kier molecular flexibility index (Phi) is 4.57. The summed E-state index contributed by atoms with van der Waals surface area (Å²) in [6.07, 6.45) is -3.39. The number of ketones is 1. The van der Waals surface area contributed by atoms with Crippen LogP contribution in [0, 0.1) is 0 Å². The summed E-state index contributed by atoms with van der Waals surface area (Å²) >= 11 is 0. The molecule has 0 atom stereocenters. The van der Waals surface area contributed by atoms with Gasteiger partial charge in [-0.25, -0.2) is 13.6 Å². The summed E-state index contributed by atoms with van der Waals surface area (Å²) in [5, 5.41) is 10.2.